The zero-order valence-corrected chi connectivity index (χ0v) is 14.5. The van der Waals surface area contributed by atoms with Crippen molar-refractivity contribution in [2.24, 2.45) is 11.1 Å². The van der Waals surface area contributed by atoms with E-state index in [0.29, 0.717) is 4.99 Å². The van der Waals surface area contributed by atoms with E-state index in [9.17, 15) is 4.79 Å². The molecule has 0 spiro atoms. The van der Waals surface area contributed by atoms with Crippen molar-refractivity contribution in [3.63, 3.8) is 0 Å². The van der Waals surface area contributed by atoms with Gasteiger partial charge < -0.3 is 15.5 Å². The molecule has 2 saturated carbocycles. The Morgan fingerprint density at radius 2 is 1.62 bits per heavy atom. The highest BCUT2D eigenvalue weighted by Crippen LogP contribution is 2.41. The molecular weight excluding hydrogens is 282 g/mol. The first-order valence-electron chi connectivity index (χ1n) is 8.07. The van der Waals surface area contributed by atoms with Gasteiger partial charge in [-0.05, 0) is 46.2 Å². The molecule has 0 saturated heterocycles. The van der Waals surface area contributed by atoms with Gasteiger partial charge in [0.25, 0.3) is 0 Å². The summed E-state index contributed by atoms with van der Waals surface area (Å²) in [4.78, 5) is 17.6. The highest BCUT2D eigenvalue weighted by atomic mass is 32.1. The van der Waals surface area contributed by atoms with Gasteiger partial charge in [0, 0.05) is 19.1 Å². The molecule has 0 aromatic heterocycles. The number of likely N-dealkylation sites (N-methyl/N-ethyl adjacent to an activating group) is 2. The molecule has 5 heteroatoms. The monoisotopic (exact) mass is 311 g/mol. The van der Waals surface area contributed by atoms with Gasteiger partial charge in [-0.3, -0.25) is 4.79 Å². The number of nitrogens with zero attached hydrogens (tertiary/aromatic N) is 2. The summed E-state index contributed by atoms with van der Waals surface area (Å²) >= 11 is 5.28. The number of carbonyl (C=O) groups is 1. The molecule has 0 aliphatic heterocycles. The number of rotatable bonds is 5. The van der Waals surface area contributed by atoms with Gasteiger partial charge in [0.1, 0.15) is 0 Å². The number of amides is 1. The van der Waals surface area contributed by atoms with Crippen LogP contribution in [0.4, 0.5) is 0 Å². The van der Waals surface area contributed by atoms with Crippen LogP contribution < -0.4 is 5.73 Å². The maximum Gasteiger partial charge on any atom is 0.235 e. The van der Waals surface area contributed by atoms with Crippen LogP contribution in [-0.2, 0) is 4.79 Å². The maximum absolute atomic E-state index is 13.0. The summed E-state index contributed by atoms with van der Waals surface area (Å²) < 4.78 is 0. The van der Waals surface area contributed by atoms with Crippen LogP contribution in [-0.4, -0.2) is 53.9 Å². The van der Waals surface area contributed by atoms with Gasteiger partial charge in [0.2, 0.25) is 5.91 Å². The van der Waals surface area contributed by atoms with Gasteiger partial charge in [-0.15, -0.1) is 0 Å². The van der Waals surface area contributed by atoms with Crippen molar-refractivity contribution in [1.29, 1.82) is 0 Å². The Labute approximate surface area is 134 Å². The summed E-state index contributed by atoms with van der Waals surface area (Å²) in [7, 11) is 6.14. The van der Waals surface area contributed by atoms with E-state index in [1.807, 2.05) is 11.9 Å². The largest absolute Gasteiger partial charge is 0.392 e. The summed E-state index contributed by atoms with van der Waals surface area (Å²) in [5.74, 6) is 0.142. The van der Waals surface area contributed by atoms with E-state index in [1.54, 1.807) is 0 Å². The van der Waals surface area contributed by atoms with Crippen LogP contribution >= 0.6 is 12.2 Å². The third-order valence-electron chi connectivity index (χ3n) is 5.70. The summed E-state index contributed by atoms with van der Waals surface area (Å²) in [5.41, 5.74) is 5.55. The number of nitrogens with two attached hydrogens (primary N) is 1. The van der Waals surface area contributed by atoms with Crippen molar-refractivity contribution >= 4 is 23.1 Å². The minimum Gasteiger partial charge on any atom is -0.392 e. The molecule has 0 atom stereocenters. The highest BCUT2D eigenvalue weighted by molar-refractivity contribution is 7.80. The van der Waals surface area contributed by atoms with E-state index in [-0.39, 0.29) is 11.4 Å². The summed E-state index contributed by atoms with van der Waals surface area (Å²) in [6.45, 7) is 0.781. The van der Waals surface area contributed by atoms with Crippen LogP contribution in [0.2, 0.25) is 0 Å². The summed E-state index contributed by atoms with van der Waals surface area (Å²) in [6.07, 6.45) is 8.51. The Kier molecular flexibility index (Phi) is 4.93. The summed E-state index contributed by atoms with van der Waals surface area (Å²) in [6, 6.07) is 0. The Hall–Kier alpha value is -0.680. The average molecular weight is 311 g/mol. The summed E-state index contributed by atoms with van der Waals surface area (Å²) in [5, 5.41) is 0. The van der Waals surface area contributed by atoms with Crippen molar-refractivity contribution in [3.05, 3.63) is 0 Å². The van der Waals surface area contributed by atoms with E-state index >= 15 is 0 Å². The molecule has 2 aliphatic rings. The third kappa shape index (κ3) is 2.95. The van der Waals surface area contributed by atoms with Gasteiger partial charge >= 0.3 is 0 Å². The van der Waals surface area contributed by atoms with Crippen LogP contribution in [0.1, 0.15) is 51.4 Å². The van der Waals surface area contributed by atoms with Crippen LogP contribution in [0.5, 0.6) is 0 Å². The van der Waals surface area contributed by atoms with E-state index in [1.165, 1.54) is 12.8 Å². The number of thiocarbonyl (C=S) groups is 1. The molecule has 0 aromatic rings. The molecule has 2 fully saturated rings. The quantitative estimate of drug-likeness (QED) is 0.791. The van der Waals surface area contributed by atoms with Crippen LogP contribution in [0.15, 0.2) is 0 Å². The zero-order valence-electron chi connectivity index (χ0n) is 13.7. The van der Waals surface area contributed by atoms with Crippen molar-refractivity contribution in [1.82, 2.24) is 9.80 Å². The van der Waals surface area contributed by atoms with E-state index < -0.39 is 5.41 Å². The molecule has 0 bridgehead atoms. The topological polar surface area (TPSA) is 49.6 Å². The molecule has 2 rings (SSSR count). The Morgan fingerprint density at radius 1 is 1.05 bits per heavy atom. The fraction of sp³-hybridized carbons (Fsp3) is 0.875. The predicted octanol–water partition coefficient (Wildman–Crippen LogP) is 2.17. The number of hydrogen-bond acceptors (Lipinski definition) is 3. The van der Waals surface area contributed by atoms with Gasteiger partial charge in [-0.2, -0.15) is 0 Å². The standard InChI is InChI=1S/C16H29N3OS/c1-18(2)15(8-7-9-15)12-19(3)14(20)16(13(17)21)10-5-4-6-11-16/h4-12H2,1-3H3,(H2,17,21). The SMILES string of the molecule is CN(CC1(N(C)C)CCC1)C(=O)C1(C(N)=S)CCCCC1. The number of hydrogen-bond donors (Lipinski definition) is 1. The van der Waals surface area contributed by atoms with Crippen molar-refractivity contribution in [2.45, 2.75) is 56.9 Å². The molecule has 21 heavy (non-hydrogen) atoms. The first-order valence-corrected chi connectivity index (χ1v) is 8.48. The van der Waals surface area contributed by atoms with E-state index in [2.05, 4.69) is 19.0 Å². The molecular formula is C16H29N3OS. The molecule has 2 aliphatic carbocycles. The molecule has 0 unspecified atom stereocenters. The lowest BCUT2D eigenvalue weighted by Crippen LogP contribution is -2.60. The second kappa shape index (κ2) is 6.21. The highest BCUT2D eigenvalue weighted by Gasteiger charge is 2.47. The lowest BCUT2D eigenvalue weighted by Gasteiger charge is -2.50. The van der Waals surface area contributed by atoms with Crippen LogP contribution in [0, 0.1) is 5.41 Å². The fourth-order valence-electron chi connectivity index (χ4n) is 3.93. The van der Waals surface area contributed by atoms with E-state index in [0.717, 1.165) is 45.1 Å². The Bertz CT molecular complexity index is 412. The number of carbonyl (C=O) groups excluding carboxylic acids is 1. The molecule has 120 valence electrons. The second-order valence-corrected chi connectivity index (χ2v) is 7.58. The molecule has 1 amide bonds. The molecule has 0 heterocycles. The minimum absolute atomic E-state index is 0.142. The molecule has 2 N–H and O–H groups in total. The first kappa shape index (κ1) is 16.7. The lowest BCUT2D eigenvalue weighted by molar-refractivity contribution is -0.141. The molecule has 4 nitrogen and oxygen atoms in total. The van der Waals surface area contributed by atoms with Gasteiger partial charge in [-0.25, -0.2) is 0 Å². The average Bonchev–Trinajstić information content (AvgIpc) is 2.41. The van der Waals surface area contributed by atoms with Gasteiger partial charge in [0.15, 0.2) is 0 Å². The van der Waals surface area contributed by atoms with E-state index in [4.69, 9.17) is 18.0 Å². The molecule has 0 aromatic carbocycles. The zero-order chi connectivity index (χ0) is 15.7. The Balaban J connectivity index is 2.11. The predicted molar refractivity (Wildman–Crippen MR) is 90.2 cm³/mol. The second-order valence-electron chi connectivity index (χ2n) is 7.14. The van der Waals surface area contributed by atoms with Crippen molar-refractivity contribution < 1.29 is 4.79 Å². The van der Waals surface area contributed by atoms with Crippen molar-refractivity contribution in [2.75, 3.05) is 27.7 Å². The van der Waals surface area contributed by atoms with Crippen LogP contribution in [0.25, 0.3) is 0 Å². The first-order chi connectivity index (χ1) is 9.84. The van der Waals surface area contributed by atoms with Crippen LogP contribution in [0.3, 0.4) is 0 Å². The lowest BCUT2D eigenvalue weighted by atomic mass is 9.71. The smallest absolute Gasteiger partial charge is 0.235 e. The van der Waals surface area contributed by atoms with Gasteiger partial charge in [0.05, 0.1) is 10.4 Å². The minimum atomic E-state index is -0.584. The van der Waals surface area contributed by atoms with Gasteiger partial charge in [-0.1, -0.05) is 31.5 Å². The van der Waals surface area contributed by atoms with Crippen molar-refractivity contribution in [3.8, 4) is 0 Å². The maximum atomic E-state index is 13.0. The Morgan fingerprint density at radius 3 is 2.00 bits per heavy atom. The fourth-order valence-corrected chi connectivity index (χ4v) is 4.22. The normalized spacial score (nSPS) is 23.4. The molecule has 0 radical (unpaired) electrons. The third-order valence-corrected chi connectivity index (χ3v) is 6.09.